The molecule has 31 heavy (non-hydrogen) atoms. The maximum absolute atomic E-state index is 13.3. The van der Waals surface area contributed by atoms with Gasteiger partial charge in [-0.25, -0.2) is 8.42 Å². The van der Waals surface area contributed by atoms with Crippen LogP contribution in [0, 0.1) is 0 Å². The fourth-order valence-corrected chi connectivity index (χ4v) is 6.58. The zero-order chi connectivity index (χ0) is 22.2. The molecule has 0 spiro atoms. The lowest BCUT2D eigenvalue weighted by Gasteiger charge is -2.28. The minimum absolute atomic E-state index is 0.104. The van der Waals surface area contributed by atoms with Crippen LogP contribution in [0.1, 0.15) is 5.56 Å². The number of benzene rings is 2. The highest BCUT2D eigenvalue weighted by molar-refractivity contribution is 8.14. The standard InChI is InChI=1S/C20H18ClF3N2O3S2/c21-15-7-6-13(20(22,23)24)10-17(15)26-18-12-31(27,28)11-16(18)25-19(26)30-9-8-29-14-4-2-1-3-5-14/h1-7,10,16,18H,8-9,11-12H2/t16-,18+/m1/s1. The molecule has 2 aromatic carbocycles. The Morgan fingerprint density at radius 3 is 2.61 bits per heavy atom. The number of alkyl halides is 3. The van der Waals surface area contributed by atoms with Crippen molar-refractivity contribution in [3.05, 3.63) is 59.1 Å². The van der Waals surface area contributed by atoms with Gasteiger partial charge in [0.25, 0.3) is 0 Å². The van der Waals surface area contributed by atoms with Gasteiger partial charge in [0, 0.05) is 5.75 Å². The third-order valence-electron chi connectivity index (χ3n) is 4.97. The summed E-state index contributed by atoms with van der Waals surface area (Å²) in [6.45, 7) is 0.353. The highest BCUT2D eigenvalue weighted by Gasteiger charge is 2.48. The van der Waals surface area contributed by atoms with Crippen LogP contribution in [0.5, 0.6) is 5.75 Å². The Kier molecular flexibility index (Phi) is 6.15. The minimum Gasteiger partial charge on any atom is -0.493 e. The topological polar surface area (TPSA) is 59.0 Å². The number of ether oxygens (including phenoxy) is 1. The maximum Gasteiger partial charge on any atom is 0.416 e. The Morgan fingerprint density at radius 2 is 1.90 bits per heavy atom. The molecule has 2 aliphatic rings. The summed E-state index contributed by atoms with van der Waals surface area (Å²) >= 11 is 7.55. The molecule has 0 amide bonds. The fraction of sp³-hybridized carbons (Fsp3) is 0.350. The molecule has 0 aromatic heterocycles. The van der Waals surface area contributed by atoms with Gasteiger partial charge in [0.1, 0.15) is 5.75 Å². The first-order valence-electron chi connectivity index (χ1n) is 9.39. The van der Waals surface area contributed by atoms with Gasteiger partial charge in [0.15, 0.2) is 15.0 Å². The first kappa shape index (κ1) is 22.3. The molecule has 0 bridgehead atoms. The Bertz CT molecular complexity index is 1090. The van der Waals surface area contributed by atoms with E-state index in [1.807, 2.05) is 30.3 Å². The van der Waals surface area contributed by atoms with Crippen LogP contribution in [0.15, 0.2) is 53.5 Å². The van der Waals surface area contributed by atoms with Crippen molar-refractivity contribution in [2.45, 2.75) is 18.3 Å². The summed E-state index contributed by atoms with van der Waals surface area (Å²) in [7, 11) is -3.33. The van der Waals surface area contributed by atoms with Gasteiger partial charge >= 0.3 is 6.18 Å². The van der Waals surface area contributed by atoms with Gasteiger partial charge in [-0.3, -0.25) is 4.99 Å². The average Bonchev–Trinajstić information content (AvgIpc) is 3.17. The molecule has 1 fully saturated rings. The fourth-order valence-electron chi connectivity index (χ4n) is 3.60. The minimum atomic E-state index is -4.55. The van der Waals surface area contributed by atoms with Gasteiger partial charge in [0.05, 0.1) is 46.5 Å². The molecular formula is C20H18ClF3N2O3S2. The van der Waals surface area contributed by atoms with E-state index in [-0.39, 0.29) is 22.2 Å². The summed E-state index contributed by atoms with van der Waals surface area (Å²) in [6, 6.07) is 11.1. The van der Waals surface area contributed by atoms with Crippen LogP contribution in [0.2, 0.25) is 5.02 Å². The summed E-state index contributed by atoms with van der Waals surface area (Å²) < 4.78 is 69.7. The number of sulfone groups is 1. The van der Waals surface area contributed by atoms with E-state index in [9.17, 15) is 21.6 Å². The van der Waals surface area contributed by atoms with Gasteiger partial charge in [-0.15, -0.1) is 0 Å². The van der Waals surface area contributed by atoms with Crippen molar-refractivity contribution < 1.29 is 26.3 Å². The molecule has 4 rings (SSSR count). The number of hydrogen-bond donors (Lipinski definition) is 0. The molecule has 2 atom stereocenters. The predicted octanol–water partition coefficient (Wildman–Crippen LogP) is 4.51. The number of fused-ring (bicyclic) bond motifs is 1. The SMILES string of the molecule is O=S1(=O)C[C@H]2N=C(SCCOc3ccccc3)N(c3cc(C(F)(F)F)ccc3Cl)[C@H]2C1. The van der Waals surface area contributed by atoms with E-state index < -0.39 is 33.7 Å². The van der Waals surface area contributed by atoms with Crippen molar-refractivity contribution in [2.75, 3.05) is 28.8 Å². The molecule has 0 unspecified atom stereocenters. The number of amidine groups is 1. The normalized spacial score (nSPS) is 22.3. The van der Waals surface area contributed by atoms with Crippen LogP contribution in [0.25, 0.3) is 0 Å². The van der Waals surface area contributed by atoms with Crippen molar-refractivity contribution in [3.63, 3.8) is 0 Å². The Morgan fingerprint density at radius 1 is 1.16 bits per heavy atom. The lowest BCUT2D eigenvalue weighted by Crippen LogP contribution is -2.39. The Balaban J connectivity index is 1.57. The number of nitrogens with zero attached hydrogens (tertiary/aromatic N) is 2. The summed E-state index contributed by atoms with van der Waals surface area (Å²) in [4.78, 5) is 6.05. The summed E-state index contributed by atoms with van der Waals surface area (Å²) in [5, 5.41) is 0.551. The molecule has 2 aliphatic heterocycles. The van der Waals surface area contributed by atoms with Crippen molar-refractivity contribution >= 4 is 44.1 Å². The number of aliphatic imine (C=N–C) groups is 1. The number of para-hydroxylation sites is 1. The van der Waals surface area contributed by atoms with E-state index in [0.29, 0.717) is 23.3 Å². The van der Waals surface area contributed by atoms with Gasteiger partial charge in [-0.05, 0) is 30.3 Å². The van der Waals surface area contributed by atoms with Crippen LogP contribution < -0.4 is 9.64 Å². The van der Waals surface area contributed by atoms with Crippen LogP contribution in [-0.2, 0) is 16.0 Å². The Labute approximate surface area is 187 Å². The van der Waals surface area contributed by atoms with Crippen LogP contribution in [0.4, 0.5) is 18.9 Å². The first-order chi connectivity index (χ1) is 14.6. The number of rotatable bonds is 5. The van der Waals surface area contributed by atoms with Gasteiger partial charge in [-0.1, -0.05) is 41.6 Å². The molecule has 0 aliphatic carbocycles. The predicted molar refractivity (Wildman–Crippen MR) is 117 cm³/mol. The second-order valence-corrected chi connectivity index (χ2v) is 10.8. The van der Waals surface area contributed by atoms with Crippen LogP contribution in [0.3, 0.4) is 0 Å². The van der Waals surface area contributed by atoms with E-state index in [1.54, 1.807) is 4.90 Å². The number of halogens is 4. The van der Waals surface area contributed by atoms with Gasteiger partial charge in [-0.2, -0.15) is 13.2 Å². The lowest BCUT2D eigenvalue weighted by atomic mass is 10.1. The van der Waals surface area contributed by atoms with E-state index >= 15 is 0 Å². The zero-order valence-corrected chi connectivity index (χ0v) is 18.4. The van der Waals surface area contributed by atoms with Crippen molar-refractivity contribution in [1.82, 2.24) is 0 Å². The highest BCUT2D eigenvalue weighted by Crippen LogP contribution is 2.41. The first-order valence-corrected chi connectivity index (χ1v) is 12.6. The average molecular weight is 491 g/mol. The second-order valence-electron chi connectivity index (χ2n) is 7.17. The third kappa shape index (κ3) is 4.96. The number of anilines is 1. The van der Waals surface area contributed by atoms with E-state index in [4.69, 9.17) is 16.3 Å². The quantitative estimate of drug-likeness (QED) is 0.577. The molecule has 2 heterocycles. The largest absolute Gasteiger partial charge is 0.493 e. The zero-order valence-electron chi connectivity index (χ0n) is 16.0. The summed E-state index contributed by atoms with van der Waals surface area (Å²) in [5.41, 5.74) is -0.746. The molecule has 5 nitrogen and oxygen atoms in total. The third-order valence-corrected chi connectivity index (χ3v) is 7.92. The van der Waals surface area contributed by atoms with Crippen LogP contribution in [-0.4, -0.2) is 49.5 Å². The molecular weight excluding hydrogens is 473 g/mol. The monoisotopic (exact) mass is 490 g/mol. The molecule has 0 N–H and O–H groups in total. The number of hydrogen-bond acceptors (Lipinski definition) is 6. The van der Waals surface area contributed by atoms with E-state index in [0.717, 1.165) is 12.1 Å². The summed E-state index contributed by atoms with van der Waals surface area (Å²) in [6.07, 6.45) is -4.55. The second kappa shape index (κ2) is 8.55. The maximum atomic E-state index is 13.3. The molecule has 11 heteroatoms. The van der Waals surface area contributed by atoms with Gasteiger partial charge in [0.2, 0.25) is 0 Å². The van der Waals surface area contributed by atoms with E-state index in [2.05, 4.69) is 4.99 Å². The van der Waals surface area contributed by atoms with Crippen molar-refractivity contribution in [2.24, 2.45) is 4.99 Å². The van der Waals surface area contributed by atoms with Crippen LogP contribution >= 0.6 is 23.4 Å². The smallest absolute Gasteiger partial charge is 0.416 e. The van der Waals surface area contributed by atoms with E-state index in [1.165, 1.54) is 17.8 Å². The van der Waals surface area contributed by atoms with Gasteiger partial charge < -0.3 is 9.64 Å². The molecule has 2 aromatic rings. The molecule has 1 saturated heterocycles. The molecule has 166 valence electrons. The summed E-state index contributed by atoms with van der Waals surface area (Å²) in [5.74, 6) is 0.873. The lowest BCUT2D eigenvalue weighted by molar-refractivity contribution is -0.137. The van der Waals surface area contributed by atoms with Crippen molar-refractivity contribution in [3.8, 4) is 5.75 Å². The Hall–Kier alpha value is -1.91. The molecule has 0 radical (unpaired) electrons. The molecule has 0 saturated carbocycles. The van der Waals surface area contributed by atoms with Crippen molar-refractivity contribution in [1.29, 1.82) is 0 Å². The number of thioether (sulfide) groups is 1. The highest BCUT2D eigenvalue weighted by atomic mass is 35.5.